The molecule has 3 aromatic carbocycles. The first-order valence-corrected chi connectivity index (χ1v) is 10.9. The number of hydrogen-bond donors (Lipinski definition) is 0. The van der Waals surface area contributed by atoms with Gasteiger partial charge in [0.2, 0.25) is 0 Å². The van der Waals surface area contributed by atoms with E-state index in [0.29, 0.717) is 17.6 Å². The van der Waals surface area contributed by atoms with E-state index in [1.165, 1.54) is 4.31 Å². The number of anilines is 2. The normalized spacial score (nSPS) is 18.2. The summed E-state index contributed by atoms with van der Waals surface area (Å²) in [5.41, 5.74) is 2.60. The van der Waals surface area contributed by atoms with Crippen LogP contribution in [0.25, 0.3) is 10.8 Å². The molecule has 3 aromatic rings. The maximum Gasteiger partial charge on any atom is 0.265 e. The first kappa shape index (κ1) is 17.3. The number of sulfonamides is 1. The molecule has 0 saturated carbocycles. The second kappa shape index (κ2) is 6.07. The molecule has 2 aliphatic rings. The number of fused-ring (bicyclic) bond motifs is 1. The van der Waals surface area contributed by atoms with Gasteiger partial charge in [0.1, 0.15) is 6.04 Å². The van der Waals surface area contributed by atoms with Crippen LogP contribution in [0, 0.1) is 0 Å². The number of rotatable bonds is 2. The summed E-state index contributed by atoms with van der Waals surface area (Å²) in [6.45, 7) is 2.28. The Kier molecular flexibility index (Phi) is 3.74. The number of amides is 1. The Balaban J connectivity index is 1.59. The monoisotopic (exact) mass is 392 g/mol. The predicted octanol–water partition coefficient (Wildman–Crippen LogP) is 3.72. The third-order valence-electron chi connectivity index (χ3n) is 5.70. The molecule has 0 aromatic heterocycles. The van der Waals surface area contributed by atoms with Crippen molar-refractivity contribution >= 4 is 38.1 Å². The Bertz CT molecular complexity index is 1210. The summed E-state index contributed by atoms with van der Waals surface area (Å²) in [6, 6.07) is 17.8. The van der Waals surface area contributed by atoms with Crippen LogP contribution >= 0.6 is 0 Å². The molecule has 2 heterocycles. The second-order valence-electron chi connectivity index (χ2n) is 7.33. The van der Waals surface area contributed by atoms with Crippen molar-refractivity contribution in [3.8, 4) is 0 Å². The van der Waals surface area contributed by atoms with Gasteiger partial charge in [0.15, 0.2) is 0 Å². The summed E-state index contributed by atoms with van der Waals surface area (Å²) < 4.78 is 27.9. The van der Waals surface area contributed by atoms with Gasteiger partial charge in [-0.1, -0.05) is 42.5 Å². The number of hydrogen-bond acceptors (Lipinski definition) is 3. The van der Waals surface area contributed by atoms with Gasteiger partial charge in [-0.15, -0.1) is 0 Å². The highest BCUT2D eigenvalue weighted by Gasteiger charge is 2.42. The van der Waals surface area contributed by atoms with Crippen molar-refractivity contribution in [2.24, 2.45) is 0 Å². The fourth-order valence-corrected chi connectivity index (χ4v) is 6.29. The lowest BCUT2D eigenvalue weighted by atomic mass is 10.0. The molecule has 142 valence electrons. The van der Waals surface area contributed by atoms with Gasteiger partial charge in [-0.05, 0) is 48.9 Å². The van der Waals surface area contributed by atoms with Gasteiger partial charge in [-0.25, -0.2) is 8.42 Å². The Morgan fingerprint density at radius 3 is 2.50 bits per heavy atom. The Labute approximate surface area is 164 Å². The van der Waals surface area contributed by atoms with Crippen molar-refractivity contribution in [1.29, 1.82) is 0 Å². The van der Waals surface area contributed by atoms with Crippen LogP contribution in [0.2, 0.25) is 0 Å². The topological polar surface area (TPSA) is 57.7 Å². The average molecular weight is 392 g/mol. The molecule has 0 saturated heterocycles. The summed E-state index contributed by atoms with van der Waals surface area (Å²) in [7, 11) is -3.77. The van der Waals surface area contributed by atoms with E-state index in [2.05, 4.69) is 0 Å². The largest absolute Gasteiger partial charge is 0.310 e. The van der Waals surface area contributed by atoms with Crippen molar-refractivity contribution in [3.05, 3.63) is 66.2 Å². The van der Waals surface area contributed by atoms with Crippen molar-refractivity contribution < 1.29 is 13.2 Å². The summed E-state index contributed by atoms with van der Waals surface area (Å²) in [5, 5.41) is 1.56. The fraction of sp³-hybridized carbons (Fsp3) is 0.227. The molecule has 1 amide bonds. The summed E-state index contributed by atoms with van der Waals surface area (Å²) in [4.78, 5) is 15.4. The van der Waals surface area contributed by atoms with Crippen LogP contribution < -0.4 is 9.21 Å². The number of benzene rings is 3. The van der Waals surface area contributed by atoms with E-state index in [1.807, 2.05) is 42.5 Å². The fourth-order valence-electron chi connectivity index (χ4n) is 4.43. The standard InChI is InChI=1S/C22H20N2O3S/c1-15(22(25)23-14-6-10-16-7-2-3-11-18(16)23)24-19-12-4-8-17-9-5-13-20(21(17)19)28(24,26)27/h2-5,7-9,11-13,15H,6,10,14H2,1H3. The summed E-state index contributed by atoms with van der Waals surface area (Å²) in [6.07, 6.45) is 1.80. The van der Waals surface area contributed by atoms with E-state index < -0.39 is 16.1 Å². The molecular formula is C22H20N2O3S. The van der Waals surface area contributed by atoms with Crippen molar-refractivity contribution in [1.82, 2.24) is 0 Å². The molecule has 28 heavy (non-hydrogen) atoms. The van der Waals surface area contributed by atoms with Crippen LogP contribution in [-0.4, -0.2) is 26.9 Å². The zero-order valence-electron chi connectivity index (χ0n) is 15.5. The Morgan fingerprint density at radius 2 is 1.68 bits per heavy atom. The molecule has 0 aliphatic carbocycles. The number of para-hydroxylation sites is 1. The molecule has 0 fully saturated rings. The molecule has 0 bridgehead atoms. The van der Waals surface area contributed by atoms with Gasteiger partial charge < -0.3 is 4.90 Å². The van der Waals surface area contributed by atoms with Gasteiger partial charge >= 0.3 is 0 Å². The predicted molar refractivity (Wildman–Crippen MR) is 110 cm³/mol. The summed E-state index contributed by atoms with van der Waals surface area (Å²) in [5.74, 6) is -0.194. The van der Waals surface area contributed by atoms with Gasteiger partial charge in [0.05, 0.1) is 10.6 Å². The van der Waals surface area contributed by atoms with E-state index in [-0.39, 0.29) is 10.8 Å². The minimum Gasteiger partial charge on any atom is -0.310 e. The Hall–Kier alpha value is -2.86. The van der Waals surface area contributed by atoms with Crippen LogP contribution in [0.15, 0.2) is 65.6 Å². The first-order valence-electron chi connectivity index (χ1n) is 9.45. The van der Waals surface area contributed by atoms with Crippen molar-refractivity contribution in [3.63, 3.8) is 0 Å². The minimum atomic E-state index is -3.77. The lowest BCUT2D eigenvalue weighted by Crippen LogP contribution is -2.50. The van der Waals surface area contributed by atoms with E-state index in [4.69, 9.17) is 0 Å². The van der Waals surface area contributed by atoms with E-state index in [0.717, 1.165) is 29.5 Å². The van der Waals surface area contributed by atoms with Gasteiger partial charge in [0.25, 0.3) is 15.9 Å². The van der Waals surface area contributed by atoms with E-state index in [9.17, 15) is 13.2 Å². The molecule has 5 rings (SSSR count). The lowest BCUT2D eigenvalue weighted by Gasteiger charge is -2.34. The molecule has 0 radical (unpaired) electrons. The van der Waals surface area contributed by atoms with E-state index in [1.54, 1.807) is 30.0 Å². The van der Waals surface area contributed by atoms with E-state index >= 15 is 0 Å². The zero-order chi connectivity index (χ0) is 19.5. The van der Waals surface area contributed by atoms with Crippen molar-refractivity contribution in [2.75, 3.05) is 15.7 Å². The molecule has 5 nitrogen and oxygen atoms in total. The second-order valence-corrected chi connectivity index (χ2v) is 9.11. The molecule has 6 heteroatoms. The third-order valence-corrected chi connectivity index (χ3v) is 7.63. The molecule has 1 unspecified atom stereocenters. The van der Waals surface area contributed by atoms with Crippen LogP contribution in [0.1, 0.15) is 18.9 Å². The summed E-state index contributed by atoms with van der Waals surface area (Å²) >= 11 is 0. The van der Waals surface area contributed by atoms with Gasteiger partial charge in [0, 0.05) is 17.6 Å². The van der Waals surface area contributed by atoms with Crippen LogP contribution in [0.5, 0.6) is 0 Å². The highest BCUT2D eigenvalue weighted by molar-refractivity contribution is 7.93. The maximum atomic E-state index is 13.4. The molecule has 0 N–H and O–H groups in total. The molecule has 2 aliphatic heterocycles. The average Bonchev–Trinajstić information content (AvgIpc) is 2.95. The molecule has 0 spiro atoms. The number of aryl methyl sites for hydroxylation is 1. The number of nitrogens with zero attached hydrogens (tertiary/aromatic N) is 2. The molecular weight excluding hydrogens is 372 g/mol. The highest BCUT2D eigenvalue weighted by atomic mass is 32.2. The smallest absolute Gasteiger partial charge is 0.265 e. The number of carbonyl (C=O) groups excluding carboxylic acids is 1. The van der Waals surface area contributed by atoms with Crippen LogP contribution in [0.4, 0.5) is 11.4 Å². The van der Waals surface area contributed by atoms with Crippen LogP contribution in [-0.2, 0) is 21.2 Å². The quantitative estimate of drug-likeness (QED) is 0.668. The highest BCUT2D eigenvalue weighted by Crippen LogP contribution is 2.43. The number of carbonyl (C=O) groups is 1. The van der Waals surface area contributed by atoms with Crippen molar-refractivity contribution in [2.45, 2.75) is 30.7 Å². The molecule has 1 atom stereocenters. The van der Waals surface area contributed by atoms with Gasteiger partial charge in [-0.3, -0.25) is 9.10 Å². The minimum absolute atomic E-state index is 0.194. The maximum absolute atomic E-state index is 13.4. The first-order chi connectivity index (χ1) is 13.5. The Morgan fingerprint density at radius 1 is 0.964 bits per heavy atom. The third kappa shape index (κ3) is 2.31. The SMILES string of the molecule is CC(C(=O)N1CCCc2ccccc21)N1c2cccc3cccc(c23)S1(=O)=O. The lowest BCUT2D eigenvalue weighted by molar-refractivity contribution is -0.119. The van der Waals surface area contributed by atoms with Gasteiger partial charge in [-0.2, -0.15) is 0 Å². The zero-order valence-corrected chi connectivity index (χ0v) is 16.3. The van der Waals surface area contributed by atoms with Crippen LogP contribution in [0.3, 0.4) is 0 Å².